The number of nitrogens with zero attached hydrogens (tertiary/aromatic N) is 1. The van der Waals surface area contributed by atoms with Crippen molar-refractivity contribution in [3.63, 3.8) is 0 Å². The molecule has 0 atom stereocenters. The number of amides is 2. The van der Waals surface area contributed by atoms with Gasteiger partial charge in [-0.3, -0.25) is 14.9 Å². The molecule has 1 aromatic rings. The van der Waals surface area contributed by atoms with Gasteiger partial charge in [0.2, 0.25) is 0 Å². The van der Waals surface area contributed by atoms with E-state index in [4.69, 9.17) is 0 Å². The number of benzene rings is 1. The van der Waals surface area contributed by atoms with Crippen LogP contribution in [0.3, 0.4) is 0 Å². The third kappa shape index (κ3) is 3.28. The normalized spacial score (nSPS) is 21.8. The molecule has 1 aliphatic carbocycles. The molecule has 3 aliphatic rings. The summed E-state index contributed by atoms with van der Waals surface area (Å²) in [6, 6.07) is 6.63. The van der Waals surface area contributed by atoms with Gasteiger partial charge in [0.05, 0.1) is 23.6 Å². The van der Waals surface area contributed by atoms with Crippen LogP contribution in [0.25, 0.3) is 5.57 Å². The Bertz CT molecular complexity index is 716. The smallest absolute Gasteiger partial charge is 0.258 e. The summed E-state index contributed by atoms with van der Waals surface area (Å²) in [5, 5.41) is 5.78. The standard InChI is InChI=1S/C20H25N3O2/c24-19-12-16(20(25)22-19)14-9-10-18-17(11-14)21-13-23(18)15-7-5-3-1-2-4-6-8-15/h9-12,15,21H,1-8,13H2,(H,22,24,25). The highest BCUT2D eigenvalue weighted by molar-refractivity contribution is 6.33. The molecule has 0 bridgehead atoms. The van der Waals surface area contributed by atoms with E-state index in [0.717, 1.165) is 17.9 Å². The van der Waals surface area contributed by atoms with Crippen molar-refractivity contribution in [1.29, 1.82) is 0 Å². The van der Waals surface area contributed by atoms with Gasteiger partial charge in [-0.2, -0.15) is 0 Å². The maximum atomic E-state index is 11.9. The minimum atomic E-state index is -0.333. The molecule has 2 aliphatic heterocycles. The molecule has 1 fully saturated rings. The van der Waals surface area contributed by atoms with Crippen LogP contribution >= 0.6 is 0 Å². The lowest BCUT2D eigenvalue weighted by Crippen LogP contribution is -2.35. The van der Waals surface area contributed by atoms with Gasteiger partial charge in [-0.25, -0.2) is 0 Å². The van der Waals surface area contributed by atoms with Crippen molar-refractivity contribution in [2.45, 2.75) is 57.4 Å². The first-order valence-electron chi connectivity index (χ1n) is 9.44. The minimum absolute atomic E-state index is 0.309. The fourth-order valence-electron chi connectivity index (χ4n) is 4.23. The Balaban J connectivity index is 1.55. The average molecular weight is 339 g/mol. The molecule has 0 radical (unpaired) electrons. The molecule has 1 saturated carbocycles. The molecule has 2 amide bonds. The third-order valence-corrected chi connectivity index (χ3v) is 5.58. The Morgan fingerprint density at radius 1 is 0.960 bits per heavy atom. The summed E-state index contributed by atoms with van der Waals surface area (Å²) < 4.78 is 0. The van der Waals surface area contributed by atoms with E-state index < -0.39 is 0 Å². The molecule has 25 heavy (non-hydrogen) atoms. The van der Waals surface area contributed by atoms with Crippen molar-refractivity contribution in [3.8, 4) is 0 Å². The van der Waals surface area contributed by atoms with Gasteiger partial charge in [-0.1, -0.05) is 44.6 Å². The highest BCUT2D eigenvalue weighted by Gasteiger charge is 2.28. The largest absolute Gasteiger partial charge is 0.366 e. The number of hydrogen-bond acceptors (Lipinski definition) is 4. The number of imide groups is 1. The van der Waals surface area contributed by atoms with E-state index >= 15 is 0 Å². The molecule has 5 heteroatoms. The van der Waals surface area contributed by atoms with Crippen LogP contribution in [0.2, 0.25) is 0 Å². The van der Waals surface area contributed by atoms with Crippen molar-refractivity contribution in [1.82, 2.24) is 5.32 Å². The van der Waals surface area contributed by atoms with Crippen molar-refractivity contribution >= 4 is 28.8 Å². The van der Waals surface area contributed by atoms with Crippen LogP contribution in [-0.2, 0) is 9.59 Å². The molecular formula is C20H25N3O2. The molecule has 0 saturated heterocycles. The molecule has 5 nitrogen and oxygen atoms in total. The van der Waals surface area contributed by atoms with Crippen LogP contribution in [0.4, 0.5) is 11.4 Å². The van der Waals surface area contributed by atoms with E-state index in [1.807, 2.05) is 12.1 Å². The summed E-state index contributed by atoms with van der Waals surface area (Å²) in [7, 11) is 0. The summed E-state index contributed by atoms with van der Waals surface area (Å²) in [6.07, 6.45) is 12.0. The number of rotatable bonds is 2. The first-order valence-corrected chi connectivity index (χ1v) is 9.44. The minimum Gasteiger partial charge on any atom is -0.366 e. The van der Waals surface area contributed by atoms with E-state index in [1.54, 1.807) is 0 Å². The molecule has 1 aromatic carbocycles. The van der Waals surface area contributed by atoms with Gasteiger partial charge in [0.25, 0.3) is 11.8 Å². The summed E-state index contributed by atoms with van der Waals surface area (Å²) in [6.45, 7) is 0.827. The van der Waals surface area contributed by atoms with Gasteiger partial charge in [0.1, 0.15) is 0 Å². The molecule has 132 valence electrons. The molecule has 0 aromatic heterocycles. The van der Waals surface area contributed by atoms with Crippen LogP contribution in [0, 0.1) is 0 Å². The second kappa shape index (κ2) is 6.90. The quantitative estimate of drug-likeness (QED) is 0.811. The Kier molecular flexibility index (Phi) is 4.47. The predicted octanol–water partition coefficient (Wildman–Crippen LogP) is 3.42. The van der Waals surface area contributed by atoms with Gasteiger partial charge in [0.15, 0.2) is 0 Å². The second-order valence-corrected chi connectivity index (χ2v) is 7.27. The van der Waals surface area contributed by atoms with Crippen LogP contribution in [0.15, 0.2) is 24.3 Å². The maximum absolute atomic E-state index is 11.9. The zero-order valence-corrected chi connectivity index (χ0v) is 14.5. The lowest BCUT2D eigenvalue weighted by molar-refractivity contribution is -0.123. The summed E-state index contributed by atoms with van der Waals surface area (Å²) in [5.74, 6) is -0.642. The monoisotopic (exact) mass is 339 g/mol. The van der Waals surface area contributed by atoms with Gasteiger partial charge in [-0.15, -0.1) is 0 Å². The molecule has 2 N–H and O–H groups in total. The predicted molar refractivity (Wildman–Crippen MR) is 99.3 cm³/mol. The highest BCUT2D eigenvalue weighted by Crippen LogP contribution is 2.37. The van der Waals surface area contributed by atoms with E-state index in [0.29, 0.717) is 11.6 Å². The van der Waals surface area contributed by atoms with Crippen LogP contribution in [0.5, 0.6) is 0 Å². The van der Waals surface area contributed by atoms with E-state index in [2.05, 4.69) is 21.6 Å². The number of carbonyl (C=O) groups excluding carboxylic acids is 2. The molecule has 4 rings (SSSR count). The van der Waals surface area contributed by atoms with Gasteiger partial charge in [0, 0.05) is 12.1 Å². The zero-order chi connectivity index (χ0) is 17.2. The summed E-state index contributed by atoms with van der Waals surface area (Å²) in [4.78, 5) is 25.7. The van der Waals surface area contributed by atoms with Gasteiger partial charge < -0.3 is 10.2 Å². The number of anilines is 2. The summed E-state index contributed by atoms with van der Waals surface area (Å²) >= 11 is 0. The van der Waals surface area contributed by atoms with Crippen molar-refractivity contribution < 1.29 is 9.59 Å². The summed E-state index contributed by atoms with van der Waals surface area (Å²) in [5.41, 5.74) is 3.53. The van der Waals surface area contributed by atoms with E-state index in [9.17, 15) is 9.59 Å². The first kappa shape index (κ1) is 16.2. The van der Waals surface area contributed by atoms with Crippen molar-refractivity contribution in [2.75, 3.05) is 16.9 Å². The fraction of sp³-hybridized carbons (Fsp3) is 0.500. The SMILES string of the molecule is O=C1C=C(c2ccc3c(c2)NCN3C2CCCCCCCC2)C(=O)N1. The molecule has 0 spiro atoms. The number of fused-ring (bicyclic) bond motifs is 1. The van der Waals surface area contributed by atoms with Crippen LogP contribution in [0.1, 0.15) is 56.9 Å². The first-order chi connectivity index (χ1) is 12.2. The Labute approximate surface area is 148 Å². The third-order valence-electron chi connectivity index (χ3n) is 5.58. The Morgan fingerprint density at radius 2 is 1.68 bits per heavy atom. The highest BCUT2D eigenvalue weighted by atomic mass is 16.2. The van der Waals surface area contributed by atoms with E-state index in [-0.39, 0.29) is 11.8 Å². The molecular weight excluding hydrogens is 314 g/mol. The molecule has 0 unspecified atom stereocenters. The lowest BCUT2D eigenvalue weighted by Gasteiger charge is -2.29. The number of carbonyl (C=O) groups is 2. The Hall–Kier alpha value is -2.30. The maximum Gasteiger partial charge on any atom is 0.258 e. The lowest BCUT2D eigenvalue weighted by atomic mass is 10.0. The van der Waals surface area contributed by atoms with Crippen LogP contribution < -0.4 is 15.5 Å². The van der Waals surface area contributed by atoms with Crippen molar-refractivity contribution in [3.05, 3.63) is 29.8 Å². The van der Waals surface area contributed by atoms with Crippen LogP contribution in [-0.4, -0.2) is 24.5 Å². The fourth-order valence-corrected chi connectivity index (χ4v) is 4.23. The van der Waals surface area contributed by atoms with E-state index in [1.165, 1.54) is 63.1 Å². The topological polar surface area (TPSA) is 61.4 Å². The zero-order valence-electron chi connectivity index (χ0n) is 14.5. The molecule has 2 heterocycles. The van der Waals surface area contributed by atoms with Crippen molar-refractivity contribution in [2.24, 2.45) is 0 Å². The van der Waals surface area contributed by atoms with Gasteiger partial charge >= 0.3 is 0 Å². The average Bonchev–Trinajstić information content (AvgIpc) is 3.19. The van der Waals surface area contributed by atoms with Gasteiger partial charge in [-0.05, 0) is 30.5 Å². The Morgan fingerprint density at radius 3 is 2.36 bits per heavy atom. The number of hydrogen-bond donors (Lipinski definition) is 2. The number of nitrogens with one attached hydrogen (secondary N) is 2. The second-order valence-electron chi connectivity index (χ2n) is 7.27.